The second-order valence-electron chi connectivity index (χ2n) is 4.31. The molecule has 0 spiro atoms. The molecule has 2 nitrogen and oxygen atoms in total. The Hall–Kier alpha value is -1.80. The summed E-state index contributed by atoms with van der Waals surface area (Å²) in [4.78, 5) is 2.21. The lowest BCUT2D eigenvalue weighted by Crippen LogP contribution is -2.18. The Bertz CT molecular complexity index is 493. The number of aliphatic hydroxyl groups excluding tert-OH is 1. The largest absolute Gasteiger partial charge is 0.389 e. The molecule has 1 N–H and O–H groups in total. The fourth-order valence-corrected chi connectivity index (χ4v) is 2.19. The molecule has 0 radical (unpaired) electrons. The summed E-state index contributed by atoms with van der Waals surface area (Å²) < 4.78 is 0. The second kappa shape index (κ2) is 5.69. The van der Waals surface area contributed by atoms with E-state index < -0.39 is 6.10 Å². The third-order valence-electron chi connectivity index (χ3n) is 3.06. The number of para-hydroxylation sites is 2. The summed E-state index contributed by atoms with van der Waals surface area (Å²) in [6, 6.07) is 18.2. The summed E-state index contributed by atoms with van der Waals surface area (Å²) in [5, 5.41) is 9.87. The monoisotopic (exact) mass is 241 g/mol. The van der Waals surface area contributed by atoms with E-state index >= 15 is 0 Å². The van der Waals surface area contributed by atoms with Crippen molar-refractivity contribution in [2.45, 2.75) is 20.0 Å². The smallest absolute Gasteiger partial charge is 0.0782 e. The molecule has 0 fully saturated rings. The molecule has 0 aliphatic heterocycles. The lowest BCUT2D eigenvalue weighted by atomic mass is 10.1. The number of aliphatic hydroxyl groups is 1. The molecule has 2 heteroatoms. The summed E-state index contributed by atoms with van der Waals surface area (Å²) in [5.74, 6) is 0. The topological polar surface area (TPSA) is 23.5 Å². The van der Waals surface area contributed by atoms with E-state index in [1.807, 2.05) is 36.4 Å². The van der Waals surface area contributed by atoms with E-state index in [2.05, 4.69) is 30.0 Å². The molecule has 0 saturated carbocycles. The first kappa shape index (κ1) is 12.7. The van der Waals surface area contributed by atoms with Gasteiger partial charge < -0.3 is 10.0 Å². The van der Waals surface area contributed by atoms with Gasteiger partial charge >= 0.3 is 0 Å². The minimum Gasteiger partial charge on any atom is -0.389 e. The normalized spacial score (nSPS) is 12.2. The van der Waals surface area contributed by atoms with Crippen LogP contribution in [0.1, 0.15) is 25.5 Å². The standard InChI is InChI=1S/C16H19NO/c1-3-17(14-9-5-4-6-10-14)16-12-8-7-11-15(16)13(2)18/h4-13,18H,3H2,1-2H3/t13-/m1/s1. The van der Waals surface area contributed by atoms with Crippen molar-refractivity contribution in [1.29, 1.82) is 0 Å². The molecular formula is C16H19NO. The molecule has 0 unspecified atom stereocenters. The number of hydrogen-bond acceptors (Lipinski definition) is 2. The van der Waals surface area contributed by atoms with Gasteiger partial charge in [-0.15, -0.1) is 0 Å². The lowest BCUT2D eigenvalue weighted by Gasteiger charge is -2.26. The SMILES string of the molecule is CCN(c1ccccc1)c1ccccc1[C@@H](C)O. The van der Waals surface area contributed by atoms with Gasteiger partial charge in [0.2, 0.25) is 0 Å². The minimum absolute atomic E-state index is 0.459. The number of nitrogens with zero attached hydrogens (tertiary/aromatic N) is 1. The molecular weight excluding hydrogens is 222 g/mol. The maximum Gasteiger partial charge on any atom is 0.0782 e. The summed E-state index contributed by atoms with van der Waals surface area (Å²) in [7, 11) is 0. The summed E-state index contributed by atoms with van der Waals surface area (Å²) in [5.41, 5.74) is 3.18. The number of benzene rings is 2. The summed E-state index contributed by atoms with van der Waals surface area (Å²) in [6.45, 7) is 4.79. The molecule has 2 aromatic rings. The third-order valence-corrected chi connectivity index (χ3v) is 3.06. The van der Waals surface area contributed by atoms with Gasteiger partial charge in [0.25, 0.3) is 0 Å². The fraction of sp³-hybridized carbons (Fsp3) is 0.250. The maximum atomic E-state index is 9.87. The zero-order valence-corrected chi connectivity index (χ0v) is 10.9. The first-order valence-electron chi connectivity index (χ1n) is 6.33. The highest BCUT2D eigenvalue weighted by Gasteiger charge is 2.13. The fourth-order valence-electron chi connectivity index (χ4n) is 2.19. The molecule has 2 rings (SSSR count). The van der Waals surface area contributed by atoms with Gasteiger partial charge in [-0.2, -0.15) is 0 Å². The van der Waals surface area contributed by atoms with Crippen LogP contribution >= 0.6 is 0 Å². The van der Waals surface area contributed by atoms with Crippen LogP contribution in [-0.2, 0) is 0 Å². The van der Waals surface area contributed by atoms with Gasteiger partial charge in [-0.25, -0.2) is 0 Å². The van der Waals surface area contributed by atoms with Crippen molar-refractivity contribution >= 4 is 11.4 Å². The van der Waals surface area contributed by atoms with Crippen LogP contribution in [0.25, 0.3) is 0 Å². The van der Waals surface area contributed by atoms with Crippen LogP contribution in [0.2, 0.25) is 0 Å². The van der Waals surface area contributed by atoms with Gasteiger partial charge in [0.1, 0.15) is 0 Å². The Balaban J connectivity index is 2.46. The van der Waals surface area contributed by atoms with E-state index in [1.54, 1.807) is 6.92 Å². The molecule has 0 saturated heterocycles. The summed E-state index contributed by atoms with van der Waals surface area (Å²) in [6.07, 6.45) is -0.459. The number of anilines is 2. The van der Waals surface area contributed by atoms with Crippen LogP contribution in [0.15, 0.2) is 54.6 Å². The van der Waals surface area contributed by atoms with Crippen LogP contribution < -0.4 is 4.90 Å². The maximum absolute atomic E-state index is 9.87. The van der Waals surface area contributed by atoms with Crippen molar-refractivity contribution < 1.29 is 5.11 Å². The molecule has 0 aliphatic carbocycles. The van der Waals surface area contributed by atoms with Crippen molar-refractivity contribution in [3.8, 4) is 0 Å². The van der Waals surface area contributed by atoms with E-state index in [1.165, 1.54) is 0 Å². The molecule has 0 aromatic heterocycles. The van der Waals surface area contributed by atoms with Crippen LogP contribution in [0, 0.1) is 0 Å². The van der Waals surface area contributed by atoms with Crippen LogP contribution in [0.4, 0.5) is 11.4 Å². The van der Waals surface area contributed by atoms with Crippen LogP contribution in [0.5, 0.6) is 0 Å². The van der Waals surface area contributed by atoms with E-state index in [0.717, 1.165) is 23.5 Å². The average molecular weight is 241 g/mol. The van der Waals surface area contributed by atoms with E-state index in [0.29, 0.717) is 0 Å². The molecule has 0 aliphatic rings. The van der Waals surface area contributed by atoms with Crippen molar-refractivity contribution in [1.82, 2.24) is 0 Å². The average Bonchev–Trinajstić information content (AvgIpc) is 2.41. The predicted molar refractivity (Wildman–Crippen MR) is 76.2 cm³/mol. The van der Waals surface area contributed by atoms with Crippen LogP contribution in [0.3, 0.4) is 0 Å². The van der Waals surface area contributed by atoms with Gasteiger partial charge in [0.15, 0.2) is 0 Å². The first-order valence-corrected chi connectivity index (χ1v) is 6.33. The van der Waals surface area contributed by atoms with Crippen molar-refractivity contribution in [3.05, 3.63) is 60.2 Å². The van der Waals surface area contributed by atoms with Gasteiger partial charge in [-0.1, -0.05) is 36.4 Å². The van der Waals surface area contributed by atoms with E-state index in [4.69, 9.17) is 0 Å². The zero-order chi connectivity index (χ0) is 13.0. The molecule has 0 amide bonds. The molecule has 0 heterocycles. The zero-order valence-electron chi connectivity index (χ0n) is 10.9. The van der Waals surface area contributed by atoms with Gasteiger partial charge in [0.05, 0.1) is 6.10 Å². The molecule has 1 atom stereocenters. The van der Waals surface area contributed by atoms with Gasteiger partial charge in [-0.3, -0.25) is 0 Å². The lowest BCUT2D eigenvalue weighted by molar-refractivity contribution is 0.200. The highest BCUT2D eigenvalue weighted by molar-refractivity contribution is 5.66. The number of rotatable bonds is 4. The Kier molecular flexibility index (Phi) is 4.00. The highest BCUT2D eigenvalue weighted by atomic mass is 16.3. The quantitative estimate of drug-likeness (QED) is 0.877. The van der Waals surface area contributed by atoms with Crippen LogP contribution in [-0.4, -0.2) is 11.7 Å². The molecule has 18 heavy (non-hydrogen) atoms. The van der Waals surface area contributed by atoms with Gasteiger partial charge in [0, 0.05) is 23.5 Å². The molecule has 2 aromatic carbocycles. The Morgan fingerprint density at radius 1 is 1.00 bits per heavy atom. The summed E-state index contributed by atoms with van der Waals surface area (Å²) >= 11 is 0. The Morgan fingerprint density at radius 3 is 2.22 bits per heavy atom. The van der Waals surface area contributed by atoms with Gasteiger partial charge in [-0.05, 0) is 32.0 Å². The van der Waals surface area contributed by atoms with Crippen molar-refractivity contribution in [2.24, 2.45) is 0 Å². The molecule has 0 bridgehead atoms. The van der Waals surface area contributed by atoms with Crippen molar-refractivity contribution in [2.75, 3.05) is 11.4 Å². The Morgan fingerprint density at radius 2 is 1.61 bits per heavy atom. The highest BCUT2D eigenvalue weighted by Crippen LogP contribution is 2.31. The van der Waals surface area contributed by atoms with E-state index in [9.17, 15) is 5.11 Å². The minimum atomic E-state index is -0.459. The second-order valence-corrected chi connectivity index (χ2v) is 4.31. The first-order chi connectivity index (χ1) is 8.74. The predicted octanol–water partition coefficient (Wildman–Crippen LogP) is 3.90. The third kappa shape index (κ3) is 2.54. The van der Waals surface area contributed by atoms with E-state index in [-0.39, 0.29) is 0 Å². The molecule has 94 valence electrons. The Labute approximate surface area is 109 Å². The van der Waals surface area contributed by atoms with Crippen molar-refractivity contribution in [3.63, 3.8) is 0 Å². The number of hydrogen-bond donors (Lipinski definition) is 1.